The number of hydrogen-bond acceptors (Lipinski definition) is 2. The van der Waals surface area contributed by atoms with E-state index in [1.807, 2.05) is 39.8 Å². The van der Waals surface area contributed by atoms with Crippen molar-refractivity contribution in [1.29, 1.82) is 0 Å². The maximum atomic E-state index is 12.7. The normalized spacial score (nSPS) is 14.2. The largest absolute Gasteiger partial charge is 0.243 e. The highest BCUT2D eigenvalue weighted by atomic mass is 32.2. The molecule has 0 aliphatic rings. The van der Waals surface area contributed by atoms with Gasteiger partial charge >= 0.3 is 0 Å². The summed E-state index contributed by atoms with van der Waals surface area (Å²) in [4.78, 5) is 0.381. The van der Waals surface area contributed by atoms with Crippen LogP contribution in [0.1, 0.15) is 59.4 Å². The highest BCUT2D eigenvalue weighted by Crippen LogP contribution is 2.24. The van der Waals surface area contributed by atoms with Gasteiger partial charge < -0.3 is 0 Å². The number of benzene rings is 1. The SMILES string of the molecule is CCC(C)c1ccc(S(=O)(=O)N(C(C)C)C(C)C)cc1. The Bertz CT molecular complexity index is 510. The average Bonchev–Trinajstić information content (AvgIpc) is 2.36. The van der Waals surface area contributed by atoms with Gasteiger partial charge in [0.05, 0.1) is 4.90 Å². The number of rotatable bonds is 6. The van der Waals surface area contributed by atoms with Gasteiger partial charge in [0, 0.05) is 12.1 Å². The lowest BCUT2D eigenvalue weighted by Gasteiger charge is -2.29. The number of hydrogen-bond donors (Lipinski definition) is 0. The van der Waals surface area contributed by atoms with Crippen LogP contribution in [0.15, 0.2) is 29.2 Å². The highest BCUT2D eigenvalue weighted by molar-refractivity contribution is 7.89. The van der Waals surface area contributed by atoms with Crippen molar-refractivity contribution in [2.75, 3.05) is 0 Å². The van der Waals surface area contributed by atoms with Crippen molar-refractivity contribution in [3.8, 4) is 0 Å². The zero-order chi connectivity index (χ0) is 15.5. The molecule has 3 nitrogen and oxygen atoms in total. The third-order valence-electron chi connectivity index (χ3n) is 3.65. The minimum atomic E-state index is -3.42. The maximum Gasteiger partial charge on any atom is 0.243 e. The molecular formula is C16H27NO2S. The summed E-state index contributed by atoms with van der Waals surface area (Å²) in [6.45, 7) is 11.9. The molecule has 1 aromatic carbocycles. The van der Waals surface area contributed by atoms with Crippen LogP contribution in [-0.4, -0.2) is 24.8 Å². The predicted octanol–water partition coefficient (Wildman–Crippen LogP) is 4.01. The third-order valence-corrected chi connectivity index (χ3v) is 5.92. The van der Waals surface area contributed by atoms with Crippen molar-refractivity contribution in [3.63, 3.8) is 0 Å². The van der Waals surface area contributed by atoms with Gasteiger partial charge in [-0.15, -0.1) is 0 Å². The molecule has 0 saturated carbocycles. The lowest BCUT2D eigenvalue weighted by atomic mass is 9.99. The fraction of sp³-hybridized carbons (Fsp3) is 0.625. The molecule has 1 atom stereocenters. The van der Waals surface area contributed by atoms with Gasteiger partial charge in [0.25, 0.3) is 0 Å². The summed E-state index contributed by atoms with van der Waals surface area (Å²) >= 11 is 0. The molecule has 0 amide bonds. The smallest absolute Gasteiger partial charge is 0.207 e. The zero-order valence-electron chi connectivity index (χ0n) is 13.4. The summed E-state index contributed by atoms with van der Waals surface area (Å²) in [7, 11) is -3.42. The zero-order valence-corrected chi connectivity index (χ0v) is 14.2. The summed E-state index contributed by atoms with van der Waals surface area (Å²) in [6.07, 6.45) is 1.05. The molecule has 0 radical (unpaired) electrons. The molecule has 0 spiro atoms. The van der Waals surface area contributed by atoms with Crippen LogP contribution in [0, 0.1) is 0 Å². The summed E-state index contributed by atoms with van der Waals surface area (Å²) in [5.74, 6) is 0.457. The first-order valence-electron chi connectivity index (χ1n) is 7.35. The fourth-order valence-corrected chi connectivity index (χ4v) is 4.31. The molecule has 0 bridgehead atoms. The number of sulfonamides is 1. The van der Waals surface area contributed by atoms with Crippen molar-refractivity contribution in [2.24, 2.45) is 0 Å². The summed E-state index contributed by atoms with van der Waals surface area (Å²) < 4.78 is 26.9. The molecule has 1 aromatic rings. The Morgan fingerprint density at radius 3 is 1.75 bits per heavy atom. The van der Waals surface area contributed by atoms with Crippen LogP contribution in [0.5, 0.6) is 0 Å². The molecule has 1 unspecified atom stereocenters. The molecule has 114 valence electrons. The van der Waals surface area contributed by atoms with E-state index in [-0.39, 0.29) is 12.1 Å². The van der Waals surface area contributed by atoms with Crippen LogP contribution in [-0.2, 0) is 10.0 Å². The second-order valence-electron chi connectivity index (χ2n) is 5.90. The van der Waals surface area contributed by atoms with Gasteiger partial charge in [-0.2, -0.15) is 4.31 Å². The van der Waals surface area contributed by atoms with Gasteiger partial charge in [-0.3, -0.25) is 0 Å². The Morgan fingerprint density at radius 1 is 0.950 bits per heavy atom. The number of nitrogens with zero attached hydrogens (tertiary/aromatic N) is 1. The van der Waals surface area contributed by atoms with Gasteiger partial charge in [0.15, 0.2) is 0 Å². The Kier molecular flexibility index (Phi) is 5.78. The van der Waals surface area contributed by atoms with E-state index in [4.69, 9.17) is 0 Å². The first-order chi connectivity index (χ1) is 9.21. The Balaban J connectivity index is 3.15. The van der Waals surface area contributed by atoms with Crippen LogP contribution in [0.3, 0.4) is 0 Å². The van der Waals surface area contributed by atoms with Crippen LogP contribution in [0.25, 0.3) is 0 Å². The van der Waals surface area contributed by atoms with E-state index in [9.17, 15) is 8.42 Å². The standard InChI is InChI=1S/C16H27NO2S/c1-7-14(6)15-8-10-16(11-9-15)20(18,19)17(12(2)3)13(4)5/h8-14H,7H2,1-6H3. The van der Waals surface area contributed by atoms with Crippen molar-refractivity contribution in [2.45, 2.75) is 70.9 Å². The Morgan fingerprint density at radius 2 is 1.40 bits per heavy atom. The molecule has 20 heavy (non-hydrogen) atoms. The molecule has 0 saturated heterocycles. The van der Waals surface area contributed by atoms with E-state index in [0.29, 0.717) is 10.8 Å². The van der Waals surface area contributed by atoms with E-state index >= 15 is 0 Å². The Labute approximate surface area is 124 Å². The van der Waals surface area contributed by atoms with E-state index < -0.39 is 10.0 Å². The van der Waals surface area contributed by atoms with Crippen molar-refractivity contribution in [3.05, 3.63) is 29.8 Å². The summed E-state index contributed by atoms with van der Waals surface area (Å²) in [5, 5.41) is 0. The van der Waals surface area contributed by atoms with E-state index in [1.54, 1.807) is 16.4 Å². The van der Waals surface area contributed by atoms with E-state index in [1.165, 1.54) is 5.56 Å². The molecular weight excluding hydrogens is 270 g/mol. The topological polar surface area (TPSA) is 37.4 Å². The van der Waals surface area contributed by atoms with Gasteiger partial charge in [-0.1, -0.05) is 26.0 Å². The molecule has 4 heteroatoms. The first-order valence-corrected chi connectivity index (χ1v) is 8.79. The molecule has 0 N–H and O–H groups in total. The minimum Gasteiger partial charge on any atom is -0.207 e. The summed E-state index contributed by atoms with van der Waals surface area (Å²) in [6, 6.07) is 7.23. The molecule has 0 heterocycles. The van der Waals surface area contributed by atoms with Crippen molar-refractivity contribution >= 4 is 10.0 Å². The quantitative estimate of drug-likeness (QED) is 0.795. The maximum absolute atomic E-state index is 12.7. The van der Waals surface area contributed by atoms with Gasteiger partial charge in [-0.05, 0) is 57.7 Å². The van der Waals surface area contributed by atoms with Crippen LogP contribution >= 0.6 is 0 Å². The second kappa shape index (κ2) is 6.72. The Hall–Kier alpha value is -0.870. The van der Waals surface area contributed by atoms with Gasteiger partial charge in [0.1, 0.15) is 0 Å². The molecule has 0 aliphatic carbocycles. The molecule has 0 aliphatic heterocycles. The molecule has 0 aromatic heterocycles. The lowest BCUT2D eigenvalue weighted by Crippen LogP contribution is -2.41. The van der Waals surface area contributed by atoms with Crippen molar-refractivity contribution in [1.82, 2.24) is 4.31 Å². The highest BCUT2D eigenvalue weighted by Gasteiger charge is 2.29. The molecule has 1 rings (SSSR count). The molecule has 0 fully saturated rings. The average molecular weight is 297 g/mol. The summed E-state index contributed by atoms with van der Waals surface area (Å²) in [5.41, 5.74) is 1.19. The van der Waals surface area contributed by atoms with Gasteiger partial charge in [0.2, 0.25) is 10.0 Å². The fourth-order valence-electron chi connectivity index (χ4n) is 2.48. The second-order valence-corrected chi connectivity index (χ2v) is 7.74. The van der Waals surface area contributed by atoms with Crippen LogP contribution in [0.4, 0.5) is 0 Å². The van der Waals surface area contributed by atoms with Crippen LogP contribution in [0.2, 0.25) is 0 Å². The first kappa shape index (κ1) is 17.2. The minimum absolute atomic E-state index is 0.0470. The van der Waals surface area contributed by atoms with E-state index in [2.05, 4.69) is 13.8 Å². The third kappa shape index (κ3) is 3.61. The predicted molar refractivity (Wildman–Crippen MR) is 84.4 cm³/mol. The van der Waals surface area contributed by atoms with E-state index in [0.717, 1.165) is 6.42 Å². The monoisotopic (exact) mass is 297 g/mol. The van der Waals surface area contributed by atoms with Crippen LogP contribution < -0.4 is 0 Å². The van der Waals surface area contributed by atoms with Gasteiger partial charge in [-0.25, -0.2) is 8.42 Å². The van der Waals surface area contributed by atoms with Crippen molar-refractivity contribution < 1.29 is 8.42 Å². The lowest BCUT2D eigenvalue weighted by molar-refractivity contribution is 0.302.